The predicted molar refractivity (Wildman–Crippen MR) is 59.8 cm³/mol. The average molecular weight is 221 g/mol. The second-order valence-electron chi connectivity index (χ2n) is 4.59. The van der Waals surface area contributed by atoms with Gasteiger partial charge in [0, 0.05) is 6.04 Å². The van der Waals surface area contributed by atoms with Crippen molar-refractivity contribution >= 4 is 0 Å². The van der Waals surface area contributed by atoms with Crippen molar-refractivity contribution in [3.63, 3.8) is 0 Å². The molecule has 3 rings (SSSR count). The van der Waals surface area contributed by atoms with Crippen molar-refractivity contribution in [3.8, 4) is 0 Å². The number of benzene rings is 1. The molecule has 0 spiro atoms. The Hall–Kier alpha value is -0.930. The lowest BCUT2D eigenvalue weighted by Crippen LogP contribution is -2.33. The summed E-state index contributed by atoms with van der Waals surface area (Å²) < 4.78 is 19.0. The topological polar surface area (TPSA) is 21.3 Å². The minimum atomic E-state index is -0.140. The molecule has 0 radical (unpaired) electrons. The van der Waals surface area contributed by atoms with Crippen molar-refractivity contribution in [3.05, 3.63) is 35.1 Å². The molecule has 2 heterocycles. The third-order valence-electron chi connectivity index (χ3n) is 3.54. The Morgan fingerprint density at radius 2 is 2.31 bits per heavy atom. The molecule has 0 amide bonds. The minimum absolute atomic E-state index is 0.117. The number of hydrogen-bond donors (Lipinski definition) is 1. The van der Waals surface area contributed by atoms with Crippen LogP contribution in [-0.2, 0) is 11.2 Å². The highest BCUT2D eigenvalue weighted by molar-refractivity contribution is 5.32. The highest BCUT2D eigenvalue weighted by Gasteiger charge is 2.30. The highest BCUT2D eigenvalue weighted by atomic mass is 19.1. The van der Waals surface area contributed by atoms with Gasteiger partial charge in [0.05, 0.1) is 12.7 Å². The van der Waals surface area contributed by atoms with Crippen molar-refractivity contribution in [1.29, 1.82) is 0 Å². The molecule has 1 saturated heterocycles. The van der Waals surface area contributed by atoms with Crippen LogP contribution >= 0.6 is 0 Å². The summed E-state index contributed by atoms with van der Waals surface area (Å²) in [4.78, 5) is 0. The Morgan fingerprint density at radius 1 is 1.38 bits per heavy atom. The molecule has 1 fully saturated rings. The van der Waals surface area contributed by atoms with Crippen LogP contribution in [0.1, 0.15) is 30.1 Å². The molecule has 2 atom stereocenters. The molecule has 86 valence electrons. The van der Waals surface area contributed by atoms with Crippen LogP contribution in [0.5, 0.6) is 0 Å². The largest absolute Gasteiger partial charge is 0.372 e. The molecule has 0 saturated carbocycles. The third-order valence-corrected chi connectivity index (χ3v) is 3.54. The molecule has 1 N–H and O–H groups in total. The van der Waals surface area contributed by atoms with E-state index in [1.807, 2.05) is 6.07 Å². The molecule has 0 aromatic heterocycles. The highest BCUT2D eigenvalue weighted by Crippen LogP contribution is 2.33. The van der Waals surface area contributed by atoms with E-state index in [0.717, 1.165) is 24.9 Å². The van der Waals surface area contributed by atoms with Crippen LogP contribution in [0.3, 0.4) is 0 Å². The molecule has 0 unspecified atom stereocenters. The van der Waals surface area contributed by atoms with Gasteiger partial charge in [0.15, 0.2) is 0 Å². The van der Waals surface area contributed by atoms with Gasteiger partial charge >= 0.3 is 0 Å². The maximum atomic E-state index is 13.1. The quantitative estimate of drug-likeness (QED) is 0.785. The summed E-state index contributed by atoms with van der Waals surface area (Å²) in [6, 6.07) is 5.48. The first-order chi connectivity index (χ1) is 7.84. The van der Waals surface area contributed by atoms with E-state index in [4.69, 9.17) is 4.74 Å². The molecule has 2 nitrogen and oxygen atoms in total. The molecular formula is C13H16FNO. The van der Waals surface area contributed by atoms with Gasteiger partial charge in [-0.3, -0.25) is 0 Å². The first kappa shape index (κ1) is 10.2. The van der Waals surface area contributed by atoms with Gasteiger partial charge in [-0.15, -0.1) is 0 Å². The van der Waals surface area contributed by atoms with Gasteiger partial charge in [-0.1, -0.05) is 6.07 Å². The number of ether oxygens (including phenoxy) is 1. The second kappa shape index (κ2) is 4.15. The van der Waals surface area contributed by atoms with Crippen LogP contribution < -0.4 is 5.32 Å². The van der Waals surface area contributed by atoms with E-state index in [2.05, 4.69) is 5.32 Å². The SMILES string of the molecule is Fc1ccc2c(c1)CCO[C@@H]2[C@H]1CCCN1. The van der Waals surface area contributed by atoms with Crippen molar-refractivity contribution in [2.45, 2.75) is 31.4 Å². The van der Waals surface area contributed by atoms with E-state index in [0.29, 0.717) is 12.6 Å². The van der Waals surface area contributed by atoms with E-state index in [9.17, 15) is 4.39 Å². The monoisotopic (exact) mass is 221 g/mol. The number of nitrogens with one attached hydrogen (secondary N) is 1. The smallest absolute Gasteiger partial charge is 0.123 e. The normalized spacial score (nSPS) is 29.1. The summed E-state index contributed by atoms with van der Waals surface area (Å²) >= 11 is 0. The molecule has 0 bridgehead atoms. The maximum absolute atomic E-state index is 13.1. The van der Waals surface area contributed by atoms with E-state index in [-0.39, 0.29) is 11.9 Å². The number of rotatable bonds is 1. The third kappa shape index (κ3) is 1.74. The van der Waals surface area contributed by atoms with Gasteiger partial charge in [-0.05, 0) is 49.1 Å². The molecule has 2 aliphatic rings. The Balaban J connectivity index is 1.93. The lowest BCUT2D eigenvalue weighted by molar-refractivity contribution is 0.0198. The second-order valence-corrected chi connectivity index (χ2v) is 4.59. The molecule has 16 heavy (non-hydrogen) atoms. The minimum Gasteiger partial charge on any atom is -0.372 e. The molecule has 1 aromatic rings. The zero-order valence-electron chi connectivity index (χ0n) is 9.21. The fourth-order valence-electron chi connectivity index (χ4n) is 2.76. The van der Waals surface area contributed by atoms with E-state index < -0.39 is 0 Å². The van der Waals surface area contributed by atoms with Gasteiger partial charge in [0.2, 0.25) is 0 Å². The van der Waals surface area contributed by atoms with Gasteiger partial charge in [-0.2, -0.15) is 0 Å². The molecule has 2 aliphatic heterocycles. The zero-order valence-corrected chi connectivity index (χ0v) is 9.21. The Labute approximate surface area is 94.8 Å². The summed E-state index contributed by atoms with van der Waals surface area (Å²) in [5, 5.41) is 3.46. The number of hydrogen-bond acceptors (Lipinski definition) is 2. The van der Waals surface area contributed by atoms with Crippen LogP contribution in [0.2, 0.25) is 0 Å². The van der Waals surface area contributed by atoms with Crippen molar-refractivity contribution in [2.75, 3.05) is 13.2 Å². The van der Waals surface area contributed by atoms with Crippen LogP contribution in [-0.4, -0.2) is 19.2 Å². The first-order valence-electron chi connectivity index (χ1n) is 5.98. The Morgan fingerprint density at radius 3 is 3.12 bits per heavy atom. The van der Waals surface area contributed by atoms with E-state index in [1.165, 1.54) is 18.1 Å². The van der Waals surface area contributed by atoms with Gasteiger partial charge in [-0.25, -0.2) is 4.39 Å². The Bertz CT molecular complexity index is 388. The molecular weight excluding hydrogens is 205 g/mol. The number of halogens is 1. The van der Waals surface area contributed by atoms with Gasteiger partial charge in [0.25, 0.3) is 0 Å². The van der Waals surface area contributed by atoms with Crippen LogP contribution in [0.4, 0.5) is 4.39 Å². The maximum Gasteiger partial charge on any atom is 0.123 e. The van der Waals surface area contributed by atoms with E-state index >= 15 is 0 Å². The Kier molecular flexibility index (Phi) is 2.65. The van der Waals surface area contributed by atoms with Gasteiger partial charge in [0.1, 0.15) is 5.82 Å². The van der Waals surface area contributed by atoms with Crippen LogP contribution in [0, 0.1) is 5.82 Å². The fourth-order valence-corrected chi connectivity index (χ4v) is 2.76. The van der Waals surface area contributed by atoms with Gasteiger partial charge < -0.3 is 10.1 Å². The van der Waals surface area contributed by atoms with Crippen LogP contribution in [0.15, 0.2) is 18.2 Å². The lowest BCUT2D eigenvalue weighted by atomic mass is 9.92. The van der Waals surface area contributed by atoms with Crippen molar-refractivity contribution in [2.24, 2.45) is 0 Å². The van der Waals surface area contributed by atoms with Crippen LogP contribution in [0.25, 0.3) is 0 Å². The number of fused-ring (bicyclic) bond motifs is 1. The standard InChI is InChI=1S/C13H16FNO/c14-10-3-4-11-9(8-10)5-7-16-13(11)12-2-1-6-15-12/h3-4,8,12-13,15H,1-2,5-7H2/t12-,13+/m1/s1. The van der Waals surface area contributed by atoms with E-state index in [1.54, 1.807) is 6.07 Å². The summed E-state index contributed by atoms with van der Waals surface area (Å²) in [5.74, 6) is -0.140. The lowest BCUT2D eigenvalue weighted by Gasteiger charge is -2.30. The zero-order chi connectivity index (χ0) is 11.0. The van der Waals surface area contributed by atoms with Crippen molar-refractivity contribution in [1.82, 2.24) is 5.32 Å². The molecule has 1 aromatic carbocycles. The summed E-state index contributed by atoms with van der Waals surface area (Å²) in [5.41, 5.74) is 2.29. The summed E-state index contributed by atoms with van der Waals surface area (Å²) in [6.07, 6.45) is 3.31. The average Bonchev–Trinajstić information content (AvgIpc) is 2.81. The predicted octanol–water partition coefficient (Wildman–Crippen LogP) is 2.19. The summed E-state index contributed by atoms with van der Waals surface area (Å²) in [6.45, 7) is 1.78. The first-order valence-corrected chi connectivity index (χ1v) is 5.98. The molecule has 0 aliphatic carbocycles. The fraction of sp³-hybridized carbons (Fsp3) is 0.538. The summed E-state index contributed by atoms with van der Waals surface area (Å²) in [7, 11) is 0. The van der Waals surface area contributed by atoms with Crippen molar-refractivity contribution < 1.29 is 9.13 Å². The molecule has 3 heteroatoms.